The van der Waals surface area contributed by atoms with Crippen molar-refractivity contribution in [2.24, 2.45) is 0 Å². The summed E-state index contributed by atoms with van der Waals surface area (Å²) in [6.07, 6.45) is 0.314. The van der Waals surface area contributed by atoms with Crippen molar-refractivity contribution in [2.45, 2.75) is 45.8 Å². The number of carbonyl (C=O) groups is 3. The van der Waals surface area contributed by atoms with E-state index in [-0.39, 0.29) is 65.4 Å². The van der Waals surface area contributed by atoms with Crippen molar-refractivity contribution in [2.75, 3.05) is 44.8 Å². The quantitative estimate of drug-likeness (QED) is 0.272. The van der Waals surface area contributed by atoms with Crippen LogP contribution in [0.4, 0.5) is 5.69 Å². The highest BCUT2D eigenvalue weighted by Crippen LogP contribution is 2.39. The Bertz CT molecular complexity index is 1350. The van der Waals surface area contributed by atoms with E-state index in [1.54, 1.807) is 29.2 Å². The molecule has 1 saturated heterocycles. The van der Waals surface area contributed by atoms with Crippen molar-refractivity contribution in [3.63, 3.8) is 0 Å². The molecule has 0 bridgehead atoms. The number of Topliss-reactive ketones (excluding diaryl/α,β-unsaturated/α-hetero) is 1. The molecule has 1 fully saturated rings. The Balaban J connectivity index is 0.00000462. The Morgan fingerprint density at radius 1 is 1.20 bits per heavy atom. The number of aliphatic carboxylic acids is 1. The number of amides is 1. The van der Waals surface area contributed by atoms with E-state index in [0.29, 0.717) is 66.4 Å². The first-order valence-electron chi connectivity index (χ1n) is 13.4. The van der Waals surface area contributed by atoms with E-state index in [2.05, 4.69) is 5.32 Å². The van der Waals surface area contributed by atoms with Crippen molar-refractivity contribution in [1.29, 1.82) is 5.41 Å². The van der Waals surface area contributed by atoms with Crippen LogP contribution < -0.4 is 15.0 Å². The van der Waals surface area contributed by atoms with E-state index in [0.717, 1.165) is 5.56 Å². The van der Waals surface area contributed by atoms with Gasteiger partial charge in [-0.1, -0.05) is 13.8 Å². The van der Waals surface area contributed by atoms with E-state index in [4.69, 9.17) is 20.0 Å². The van der Waals surface area contributed by atoms with E-state index < -0.39 is 5.97 Å². The first-order valence-corrected chi connectivity index (χ1v) is 13.4. The van der Waals surface area contributed by atoms with Crippen LogP contribution in [0.15, 0.2) is 24.3 Å². The number of rotatable bonds is 11. The Kier molecular flexibility index (Phi) is 10.4. The molecule has 12 heteroatoms. The van der Waals surface area contributed by atoms with Gasteiger partial charge in [0, 0.05) is 37.8 Å². The van der Waals surface area contributed by atoms with Crippen LogP contribution in [0.25, 0.3) is 0 Å². The first-order chi connectivity index (χ1) is 19.0. The number of carboxylic acid groups (broad SMARTS) is 1. The number of phenolic OH excluding ortho intramolecular Hbond substituents is 1. The molecule has 2 aliphatic heterocycles. The maximum absolute atomic E-state index is 13.6. The molecule has 1 atom stereocenters. The SMILES string of the molecule is Br.CCOc1cc2c(cc1C(=O)NC)C(=N)N(CC(=O)c1cc(C(C)C)c(O)c(N3CCC(OCC(=O)O)C3)c1)C2. The van der Waals surface area contributed by atoms with Gasteiger partial charge in [-0.05, 0) is 54.7 Å². The second kappa shape index (κ2) is 13.3. The molecule has 4 rings (SSSR count). The summed E-state index contributed by atoms with van der Waals surface area (Å²) in [5.74, 6) is -0.941. The molecule has 0 saturated carbocycles. The number of anilines is 1. The van der Waals surface area contributed by atoms with Gasteiger partial charge >= 0.3 is 5.97 Å². The molecule has 222 valence electrons. The van der Waals surface area contributed by atoms with Crippen LogP contribution in [0.5, 0.6) is 11.5 Å². The second-order valence-electron chi connectivity index (χ2n) is 10.3. The van der Waals surface area contributed by atoms with Crippen molar-refractivity contribution in [3.05, 3.63) is 52.1 Å². The molecular formula is C29H37BrN4O7. The van der Waals surface area contributed by atoms with E-state index >= 15 is 0 Å². The van der Waals surface area contributed by atoms with Crippen LogP contribution in [0.2, 0.25) is 0 Å². The number of ketones is 1. The monoisotopic (exact) mass is 632 g/mol. The van der Waals surface area contributed by atoms with Crippen molar-refractivity contribution in [1.82, 2.24) is 10.2 Å². The number of hydrogen-bond donors (Lipinski definition) is 4. The number of fused-ring (bicyclic) bond motifs is 1. The summed E-state index contributed by atoms with van der Waals surface area (Å²) in [4.78, 5) is 40.4. The topological polar surface area (TPSA) is 152 Å². The summed E-state index contributed by atoms with van der Waals surface area (Å²) >= 11 is 0. The molecule has 0 aromatic heterocycles. The summed E-state index contributed by atoms with van der Waals surface area (Å²) in [7, 11) is 1.53. The minimum absolute atomic E-state index is 0. The predicted octanol–water partition coefficient (Wildman–Crippen LogP) is 3.56. The van der Waals surface area contributed by atoms with Crippen LogP contribution in [0.1, 0.15) is 70.5 Å². The summed E-state index contributed by atoms with van der Waals surface area (Å²) in [5.41, 5.74) is 3.26. The number of nitrogens with zero attached hydrogens (tertiary/aromatic N) is 2. The van der Waals surface area contributed by atoms with Crippen molar-refractivity contribution < 1.29 is 34.1 Å². The average Bonchev–Trinajstić information content (AvgIpc) is 3.51. The smallest absolute Gasteiger partial charge is 0.329 e. The lowest BCUT2D eigenvalue weighted by molar-refractivity contribution is -0.143. The van der Waals surface area contributed by atoms with Crippen LogP contribution in [-0.2, 0) is 16.1 Å². The number of nitrogens with one attached hydrogen (secondary N) is 2. The number of carbonyl (C=O) groups excluding carboxylic acids is 2. The highest BCUT2D eigenvalue weighted by Gasteiger charge is 2.31. The summed E-state index contributed by atoms with van der Waals surface area (Å²) in [6.45, 7) is 6.91. The highest BCUT2D eigenvalue weighted by atomic mass is 79.9. The molecule has 41 heavy (non-hydrogen) atoms. The number of phenols is 1. The Labute approximate surface area is 249 Å². The summed E-state index contributed by atoms with van der Waals surface area (Å²) in [5, 5.41) is 31.3. The lowest BCUT2D eigenvalue weighted by atomic mass is 9.96. The van der Waals surface area contributed by atoms with Gasteiger partial charge in [-0.2, -0.15) is 0 Å². The molecular weight excluding hydrogens is 596 g/mol. The Morgan fingerprint density at radius 2 is 1.93 bits per heavy atom. The zero-order chi connectivity index (χ0) is 29.1. The predicted molar refractivity (Wildman–Crippen MR) is 159 cm³/mol. The van der Waals surface area contributed by atoms with Crippen molar-refractivity contribution >= 4 is 46.2 Å². The van der Waals surface area contributed by atoms with E-state index in [1.807, 2.05) is 25.7 Å². The van der Waals surface area contributed by atoms with Crippen LogP contribution in [0, 0.1) is 5.41 Å². The first kappa shape index (κ1) is 31.9. The minimum atomic E-state index is -1.04. The highest BCUT2D eigenvalue weighted by molar-refractivity contribution is 8.93. The molecule has 1 amide bonds. The van der Waals surface area contributed by atoms with Gasteiger partial charge < -0.3 is 34.8 Å². The molecule has 2 heterocycles. The average molecular weight is 634 g/mol. The molecule has 0 spiro atoms. The molecule has 2 aromatic rings. The van der Waals surface area contributed by atoms with E-state index in [1.165, 1.54) is 7.05 Å². The largest absolute Gasteiger partial charge is 0.505 e. The third-order valence-electron chi connectivity index (χ3n) is 7.24. The third kappa shape index (κ3) is 6.82. The fraction of sp³-hybridized carbons (Fsp3) is 0.448. The van der Waals surface area contributed by atoms with Crippen LogP contribution in [-0.4, -0.2) is 84.6 Å². The lowest BCUT2D eigenvalue weighted by Gasteiger charge is -2.24. The number of carboxylic acids is 1. The number of benzene rings is 2. The van der Waals surface area contributed by atoms with Gasteiger partial charge in [-0.25, -0.2) is 4.79 Å². The van der Waals surface area contributed by atoms with Gasteiger partial charge in [0.15, 0.2) is 5.78 Å². The summed E-state index contributed by atoms with van der Waals surface area (Å²) in [6, 6.07) is 6.75. The fourth-order valence-electron chi connectivity index (χ4n) is 5.17. The number of halogens is 1. The Hall–Kier alpha value is -3.64. The maximum Gasteiger partial charge on any atom is 0.329 e. The number of ether oxygens (including phenoxy) is 2. The zero-order valence-electron chi connectivity index (χ0n) is 23.7. The van der Waals surface area contributed by atoms with Gasteiger partial charge in [0.2, 0.25) is 0 Å². The van der Waals surface area contributed by atoms with Crippen LogP contribution >= 0.6 is 17.0 Å². The third-order valence-corrected chi connectivity index (χ3v) is 7.24. The van der Waals surface area contributed by atoms with Crippen LogP contribution in [0.3, 0.4) is 0 Å². The maximum atomic E-state index is 13.6. The minimum Gasteiger partial charge on any atom is -0.505 e. The molecule has 0 radical (unpaired) electrons. The van der Waals surface area contributed by atoms with E-state index in [9.17, 15) is 19.5 Å². The second-order valence-corrected chi connectivity index (χ2v) is 10.3. The van der Waals surface area contributed by atoms with Gasteiger partial charge in [0.25, 0.3) is 5.91 Å². The molecule has 11 nitrogen and oxygen atoms in total. The fourth-order valence-corrected chi connectivity index (χ4v) is 5.17. The normalized spacial score (nSPS) is 16.0. The van der Waals surface area contributed by atoms with Crippen molar-refractivity contribution in [3.8, 4) is 11.5 Å². The summed E-state index contributed by atoms with van der Waals surface area (Å²) < 4.78 is 11.1. The zero-order valence-corrected chi connectivity index (χ0v) is 25.4. The number of aromatic hydroxyl groups is 1. The van der Waals surface area contributed by atoms with Gasteiger partial charge in [0.05, 0.1) is 30.5 Å². The number of hydrogen-bond acceptors (Lipinski definition) is 8. The van der Waals surface area contributed by atoms with Gasteiger partial charge in [0.1, 0.15) is 23.9 Å². The van der Waals surface area contributed by atoms with Gasteiger partial charge in [-0.15, -0.1) is 17.0 Å². The standard InChI is InChI=1S/C29H36N4O7.BrH/c1-5-39-25-10-18-12-33(28(30)21(18)11-22(25)29(38)31-4)14-24(34)17-8-20(16(2)3)27(37)23(9-17)32-7-6-19(13-32)40-15-26(35)36;/h8-11,16,19,30,37H,5-7,12-15H2,1-4H3,(H,31,38)(H,35,36);1H. The molecule has 1 unspecified atom stereocenters. The molecule has 2 aliphatic rings. The number of amidine groups is 1. The molecule has 2 aromatic carbocycles. The molecule has 0 aliphatic carbocycles. The Morgan fingerprint density at radius 3 is 2.56 bits per heavy atom. The van der Waals surface area contributed by atoms with Gasteiger partial charge in [-0.3, -0.25) is 15.0 Å². The molecule has 4 N–H and O–H groups in total. The lowest BCUT2D eigenvalue weighted by Crippen LogP contribution is -2.30.